The van der Waals surface area contributed by atoms with Crippen molar-refractivity contribution in [3.63, 3.8) is 0 Å². The number of amides is 1. The second-order valence-corrected chi connectivity index (χ2v) is 7.92. The predicted molar refractivity (Wildman–Crippen MR) is 116 cm³/mol. The van der Waals surface area contributed by atoms with Gasteiger partial charge in [0.1, 0.15) is 17.6 Å². The maximum absolute atomic E-state index is 12.1. The molecular weight excluding hydrogens is 411 g/mol. The molecule has 1 saturated heterocycles. The molecule has 7 heteroatoms. The Kier molecular flexibility index (Phi) is 8.04. The lowest BCUT2D eigenvalue weighted by atomic mass is 10.1. The van der Waals surface area contributed by atoms with Crippen molar-refractivity contribution in [2.24, 2.45) is 0 Å². The summed E-state index contributed by atoms with van der Waals surface area (Å²) in [6.45, 7) is 3.38. The zero-order valence-electron chi connectivity index (χ0n) is 16.5. The van der Waals surface area contributed by atoms with Gasteiger partial charge in [-0.05, 0) is 42.7 Å². The van der Waals surface area contributed by atoms with Crippen molar-refractivity contribution in [2.45, 2.75) is 25.4 Å². The Balaban J connectivity index is 1.33. The van der Waals surface area contributed by atoms with E-state index in [0.717, 1.165) is 49.5 Å². The van der Waals surface area contributed by atoms with Crippen molar-refractivity contribution < 1.29 is 14.3 Å². The van der Waals surface area contributed by atoms with Gasteiger partial charge in [0, 0.05) is 32.2 Å². The molecule has 0 bridgehead atoms. The molecule has 0 atom stereocenters. The summed E-state index contributed by atoms with van der Waals surface area (Å²) >= 11 is 12.0. The number of rotatable bonds is 8. The Bertz CT molecular complexity index is 806. The molecule has 156 valence electrons. The van der Waals surface area contributed by atoms with Crippen molar-refractivity contribution in [3.8, 4) is 11.5 Å². The molecule has 0 radical (unpaired) electrons. The Morgan fingerprint density at radius 1 is 1.07 bits per heavy atom. The lowest BCUT2D eigenvalue weighted by molar-refractivity contribution is -0.120. The highest BCUT2D eigenvalue weighted by atomic mass is 35.5. The van der Waals surface area contributed by atoms with Crippen molar-refractivity contribution in [1.82, 2.24) is 10.2 Å². The van der Waals surface area contributed by atoms with E-state index in [1.807, 2.05) is 30.3 Å². The number of nitrogens with one attached hydrogen (secondary N) is 1. The summed E-state index contributed by atoms with van der Waals surface area (Å²) in [4.78, 5) is 14.5. The molecule has 2 aromatic rings. The highest BCUT2D eigenvalue weighted by molar-refractivity contribution is 6.42. The van der Waals surface area contributed by atoms with E-state index >= 15 is 0 Å². The minimum absolute atomic E-state index is 0.0352. The summed E-state index contributed by atoms with van der Waals surface area (Å²) in [5.74, 6) is 1.58. The lowest BCUT2D eigenvalue weighted by Gasteiger charge is -2.32. The quantitative estimate of drug-likeness (QED) is 0.673. The van der Waals surface area contributed by atoms with Crippen LogP contribution in [-0.4, -0.2) is 50.2 Å². The average molecular weight is 437 g/mol. The zero-order chi connectivity index (χ0) is 20.6. The minimum Gasteiger partial charge on any atom is -0.497 e. The van der Waals surface area contributed by atoms with Crippen LogP contribution in [0.2, 0.25) is 10.0 Å². The van der Waals surface area contributed by atoms with E-state index in [9.17, 15) is 4.79 Å². The maximum atomic E-state index is 12.1. The van der Waals surface area contributed by atoms with Gasteiger partial charge in [-0.25, -0.2) is 0 Å². The molecule has 29 heavy (non-hydrogen) atoms. The third-order valence-corrected chi connectivity index (χ3v) is 5.74. The molecule has 1 amide bonds. The summed E-state index contributed by atoms with van der Waals surface area (Å²) in [5.41, 5.74) is 0.976. The van der Waals surface area contributed by atoms with E-state index in [1.165, 1.54) is 0 Å². The van der Waals surface area contributed by atoms with Crippen molar-refractivity contribution in [3.05, 3.63) is 58.1 Å². The molecule has 0 saturated carbocycles. The normalized spacial score (nSPS) is 15.1. The fourth-order valence-corrected chi connectivity index (χ4v) is 3.63. The van der Waals surface area contributed by atoms with Gasteiger partial charge in [-0.3, -0.25) is 4.79 Å². The fraction of sp³-hybridized carbons (Fsp3) is 0.409. The molecular formula is C22H26Cl2N2O3. The van der Waals surface area contributed by atoms with Gasteiger partial charge in [0.05, 0.1) is 23.6 Å². The summed E-state index contributed by atoms with van der Waals surface area (Å²) in [5, 5.41) is 4.04. The van der Waals surface area contributed by atoms with Crippen LogP contribution in [0.25, 0.3) is 0 Å². The van der Waals surface area contributed by atoms with Gasteiger partial charge in [-0.15, -0.1) is 0 Å². The van der Waals surface area contributed by atoms with Crippen LogP contribution in [-0.2, 0) is 11.2 Å². The Labute approximate surface area is 181 Å². The summed E-state index contributed by atoms with van der Waals surface area (Å²) in [7, 11) is 1.63. The summed E-state index contributed by atoms with van der Waals surface area (Å²) in [6.07, 6.45) is 2.44. The molecule has 0 aliphatic carbocycles. The Hall–Kier alpha value is -1.95. The number of piperidine rings is 1. The second-order valence-electron chi connectivity index (χ2n) is 7.11. The van der Waals surface area contributed by atoms with E-state index in [4.69, 9.17) is 32.7 Å². The molecule has 1 heterocycles. The van der Waals surface area contributed by atoms with Gasteiger partial charge in [-0.2, -0.15) is 0 Å². The molecule has 3 rings (SSSR count). The van der Waals surface area contributed by atoms with Gasteiger partial charge < -0.3 is 19.7 Å². The average Bonchev–Trinajstić information content (AvgIpc) is 2.72. The van der Waals surface area contributed by atoms with Crippen LogP contribution in [0, 0.1) is 0 Å². The Morgan fingerprint density at radius 3 is 2.41 bits per heavy atom. The number of carbonyl (C=O) groups is 1. The summed E-state index contributed by atoms with van der Waals surface area (Å²) in [6, 6.07) is 12.9. The van der Waals surface area contributed by atoms with Gasteiger partial charge in [-0.1, -0.05) is 35.3 Å². The van der Waals surface area contributed by atoms with Crippen LogP contribution in [0.3, 0.4) is 0 Å². The number of benzene rings is 2. The summed E-state index contributed by atoms with van der Waals surface area (Å²) < 4.78 is 11.1. The van der Waals surface area contributed by atoms with E-state index in [1.54, 1.807) is 19.2 Å². The first-order chi connectivity index (χ1) is 14.0. The first kappa shape index (κ1) is 21.8. The number of likely N-dealkylation sites (tertiary alicyclic amines) is 1. The van der Waals surface area contributed by atoms with Gasteiger partial charge in [0.25, 0.3) is 0 Å². The number of carbonyl (C=O) groups excluding carboxylic acids is 1. The monoisotopic (exact) mass is 436 g/mol. The zero-order valence-corrected chi connectivity index (χ0v) is 18.0. The number of ether oxygens (including phenoxy) is 2. The first-order valence-electron chi connectivity index (χ1n) is 9.77. The molecule has 1 aliphatic heterocycles. The van der Waals surface area contributed by atoms with Crippen LogP contribution in [0.5, 0.6) is 11.5 Å². The van der Waals surface area contributed by atoms with E-state index in [-0.39, 0.29) is 12.0 Å². The third kappa shape index (κ3) is 6.81. The van der Waals surface area contributed by atoms with Crippen LogP contribution in [0.15, 0.2) is 42.5 Å². The minimum atomic E-state index is 0.0352. The number of nitrogens with zero attached hydrogens (tertiary/aromatic N) is 1. The van der Waals surface area contributed by atoms with E-state index < -0.39 is 0 Å². The van der Waals surface area contributed by atoms with Crippen LogP contribution < -0.4 is 14.8 Å². The highest BCUT2D eigenvalue weighted by Gasteiger charge is 2.20. The fourth-order valence-electron chi connectivity index (χ4n) is 3.34. The SMILES string of the molecule is COc1ccc(CC(=O)NCCN2CCC(Oc3ccc(Cl)c(Cl)c3)CC2)cc1. The molecule has 0 aromatic heterocycles. The smallest absolute Gasteiger partial charge is 0.224 e. The molecule has 1 aliphatic rings. The van der Waals surface area contributed by atoms with Crippen LogP contribution in [0.4, 0.5) is 0 Å². The number of hydrogen-bond acceptors (Lipinski definition) is 4. The molecule has 2 aromatic carbocycles. The Morgan fingerprint density at radius 2 is 1.76 bits per heavy atom. The van der Waals surface area contributed by atoms with Crippen molar-refractivity contribution in [1.29, 1.82) is 0 Å². The van der Waals surface area contributed by atoms with Crippen molar-refractivity contribution in [2.75, 3.05) is 33.3 Å². The number of methoxy groups -OCH3 is 1. The van der Waals surface area contributed by atoms with Gasteiger partial charge in [0.15, 0.2) is 0 Å². The number of hydrogen-bond donors (Lipinski definition) is 1. The van der Waals surface area contributed by atoms with Crippen LogP contribution in [0.1, 0.15) is 18.4 Å². The molecule has 0 unspecified atom stereocenters. The standard InChI is InChI=1S/C22H26Cl2N2O3/c1-28-17-4-2-16(3-5-17)14-22(27)25-10-13-26-11-8-18(9-12-26)29-19-6-7-20(23)21(24)15-19/h2-7,15,18H,8-14H2,1H3,(H,25,27). The predicted octanol–water partition coefficient (Wildman–Crippen LogP) is 4.20. The third-order valence-electron chi connectivity index (χ3n) is 5.00. The van der Waals surface area contributed by atoms with E-state index in [2.05, 4.69) is 10.2 Å². The van der Waals surface area contributed by atoms with E-state index in [0.29, 0.717) is 23.0 Å². The molecule has 1 fully saturated rings. The molecule has 0 spiro atoms. The van der Waals surface area contributed by atoms with Crippen LogP contribution >= 0.6 is 23.2 Å². The molecule has 1 N–H and O–H groups in total. The van der Waals surface area contributed by atoms with Gasteiger partial charge >= 0.3 is 0 Å². The maximum Gasteiger partial charge on any atom is 0.224 e. The lowest BCUT2D eigenvalue weighted by Crippen LogP contribution is -2.42. The largest absolute Gasteiger partial charge is 0.497 e. The second kappa shape index (κ2) is 10.7. The van der Waals surface area contributed by atoms with Gasteiger partial charge in [0.2, 0.25) is 5.91 Å². The molecule has 5 nitrogen and oxygen atoms in total. The first-order valence-corrected chi connectivity index (χ1v) is 10.5. The topological polar surface area (TPSA) is 50.8 Å². The number of halogens is 2. The highest BCUT2D eigenvalue weighted by Crippen LogP contribution is 2.28. The van der Waals surface area contributed by atoms with Crippen molar-refractivity contribution >= 4 is 29.1 Å².